The number of amides is 1. The minimum absolute atomic E-state index is 0.204. The molecule has 1 aliphatic heterocycles. The van der Waals surface area contributed by atoms with E-state index in [-0.39, 0.29) is 5.91 Å². The van der Waals surface area contributed by atoms with Crippen LogP contribution in [-0.2, 0) is 4.79 Å². The van der Waals surface area contributed by atoms with Crippen LogP contribution in [0, 0.1) is 0 Å². The number of nitrogens with one attached hydrogen (secondary N) is 1. The van der Waals surface area contributed by atoms with Crippen molar-refractivity contribution in [2.45, 2.75) is 12.8 Å². The van der Waals surface area contributed by atoms with E-state index in [1.807, 2.05) is 0 Å². The third-order valence-corrected chi connectivity index (χ3v) is 1.07. The zero-order chi connectivity index (χ0) is 7.82. The first kappa shape index (κ1) is 8.95. The SMILES string of the molecule is C=CC=C.O=C1CCCN1. The Kier molecular flexibility index (Phi) is 5.44. The maximum atomic E-state index is 10.1. The van der Waals surface area contributed by atoms with Crippen LogP contribution in [0.1, 0.15) is 12.8 Å². The summed E-state index contributed by atoms with van der Waals surface area (Å²) < 4.78 is 0. The molecule has 56 valence electrons. The molecule has 1 rings (SSSR count). The summed E-state index contributed by atoms with van der Waals surface area (Å²) in [5.74, 6) is 0.204. The van der Waals surface area contributed by atoms with Gasteiger partial charge in [0.2, 0.25) is 5.91 Å². The van der Waals surface area contributed by atoms with Gasteiger partial charge < -0.3 is 5.32 Å². The lowest BCUT2D eigenvalue weighted by Crippen LogP contribution is -2.12. The third-order valence-electron chi connectivity index (χ3n) is 1.07. The first-order chi connectivity index (χ1) is 4.81. The molecule has 2 nitrogen and oxygen atoms in total. The second-order valence-corrected chi connectivity index (χ2v) is 1.92. The average Bonchev–Trinajstić information content (AvgIpc) is 2.40. The lowest BCUT2D eigenvalue weighted by Gasteiger charge is -1.80. The molecule has 1 fully saturated rings. The van der Waals surface area contributed by atoms with Crippen LogP contribution in [0.2, 0.25) is 0 Å². The van der Waals surface area contributed by atoms with Gasteiger partial charge >= 0.3 is 0 Å². The van der Waals surface area contributed by atoms with E-state index in [4.69, 9.17) is 0 Å². The van der Waals surface area contributed by atoms with Gasteiger partial charge in [-0.25, -0.2) is 0 Å². The number of allylic oxidation sites excluding steroid dienone is 2. The highest BCUT2D eigenvalue weighted by Gasteiger charge is 2.05. The predicted octanol–water partition coefficient (Wildman–Crippen LogP) is 1.25. The van der Waals surface area contributed by atoms with Gasteiger partial charge in [0.05, 0.1) is 0 Å². The molecule has 0 saturated carbocycles. The Morgan fingerprint density at radius 1 is 1.40 bits per heavy atom. The van der Waals surface area contributed by atoms with Crippen molar-refractivity contribution in [1.82, 2.24) is 5.32 Å². The quantitative estimate of drug-likeness (QED) is 0.544. The molecule has 2 heteroatoms. The van der Waals surface area contributed by atoms with Gasteiger partial charge in [0.15, 0.2) is 0 Å². The van der Waals surface area contributed by atoms with Crippen molar-refractivity contribution >= 4 is 5.91 Å². The Balaban J connectivity index is 0.000000180. The monoisotopic (exact) mass is 139 g/mol. The standard InChI is InChI=1S/C4H7NO.C4H6/c6-4-2-1-3-5-4;1-3-4-2/h1-3H2,(H,5,6);3-4H,1-2H2. The predicted molar refractivity (Wildman–Crippen MR) is 42.6 cm³/mol. The molecular weight excluding hydrogens is 126 g/mol. The minimum Gasteiger partial charge on any atom is -0.356 e. The van der Waals surface area contributed by atoms with Crippen molar-refractivity contribution < 1.29 is 4.79 Å². The van der Waals surface area contributed by atoms with Gasteiger partial charge in [-0.1, -0.05) is 25.3 Å². The molecule has 0 aromatic rings. The van der Waals surface area contributed by atoms with Crippen LogP contribution in [0.25, 0.3) is 0 Å². The number of carbonyl (C=O) groups excluding carboxylic acids is 1. The van der Waals surface area contributed by atoms with Crippen LogP contribution in [0.15, 0.2) is 25.3 Å². The highest BCUT2D eigenvalue weighted by Crippen LogP contribution is 1.93. The largest absolute Gasteiger partial charge is 0.356 e. The van der Waals surface area contributed by atoms with Gasteiger partial charge in [-0.3, -0.25) is 4.79 Å². The summed E-state index contributed by atoms with van der Waals surface area (Å²) in [7, 11) is 0. The number of hydrogen-bond donors (Lipinski definition) is 1. The normalized spacial score (nSPS) is 14.6. The second-order valence-electron chi connectivity index (χ2n) is 1.92. The molecule has 0 aromatic carbocycles. The highest BCUT2D eigenvalue weighted by atomic mass is 16.1. The Hall–Kier alpha value is -1.05. The summed E-state index contributed by atoms with van der Waals surface area (Å²) >= 11 is 0. The van der Waals surface area contributed by atoms with E-state index in [9.17, 15) is 4.79 Å². The van der Waals surface area contributed by atoms with Gasteiger partial charge in [-0.15, -0.1) is 0 Å². The fourth-order valence-corrected chi connectivity index (χ4v) is 0.565. The maximum Gasteiger partial charge on any atom is 0.220 e. The van der Waals surface area contributed by atoms with Crippen molar-refractivity contribution in [3.05, 3.63) is 25.3 Å². The van der Waals surface area contributed by atoms with Crippen molar-refractivity contribution in [1.29, 1.82) is 0 Å². The third kappa shape index (κ3) is 5.09. The van der Waals surface area contributed by atoms with E-state index in [2.05, 4.69) is 18.5 Å². The molecule has 0 radical (unpaired) electrons. The van der Waals surface area contributed by atoms with Gasteiger partial charge in [0.25, 0.3) is 0 Å². The molecule has 0 unspecified atom stereocenters. The van der Waals surface area contributed by atoms with Gasteiger partial charge in [0.1, 0.15) is 0 Å². The lowest BCUT2D eigenvalue weighted by atomic mass is 10.4. The molecule has 1 amide bonds. The molecule has 0 aromatic heterocycles. The van der Waals surface area contributed by atoms with E-state index >= 15 is 0 Å². The average molecular weight is 139 g/mol. The fourth-order valence-electron chi connectivity index (χ4n) is 0.565. The Bertz CT molecular complexity index is 115. The zero-order valence-electron chi connectivity index (χ0n) is 6.10. The first-order valence-corrected chi connectivity index (χ1v) is 3.31. The molecule has 1 saturated heterocycles. The van der Waals surface area contributed by atoms with E-state index in [1.54, 1.807) is 12.2 Å². The summed E-state index contributed by atoms with van der Waals surface area (Å²) in [6, 6.07) is 0. The number of rotatable bonds is 1. The Morgan fingerprint density at radius 3 is 2.10 bits per heavy atom. The zero-order valence-corrected chi connectivity index (χ0v) is 6.10. The van der Waals surface area contributed by atoms with Crippen LogP contribution < -0.4 is 5.32 Å². The van der Waals surface area contributed by atoms with E-state index in [0.717, 1.165) is 19.4 Å². The molecule has 1 N–H and O–H groups in total. The number of hydrogen-bond acceptors (Lipinski definition) is 1. The van der Waals surface area contributed by atoms with Crippen molar-refractivity contribution in [2.24, 2.45) is 0 Å². The van der Waals surface area contributed by atoms with Crippen molar-refractivity contribution in [3.8, 4) is 0 Å². The number of carbonyl (C=O) groups is 1. The fraction of sp³-hybridized carbons (Fsp3) is 0.375. The summed E-state index contributed by atoms with van der Waals surface area (Å²) in [6.45, 7) is 7.61. The molecule has 1 heterocycles. The van der Waals surface area contributed by atoms with E-state index < -0.39 is 0 Å². The van der Waals surface area contributed by atoms with Crippen LogP contribution >= 0.6 is 0 Å². The van der Waals surface area contributed by atoms with Crippen molar-refractivity contribution in [2.75, 3.05) is 6.54 Å². The minimum atomic E-state index is 0.204. The second kappa shape index (κ2) is 6.08. The van der Waals surface area contributed by atoms with Crippen LogP contribution in [0.4, 0.5) is 0 Å². The van der Waals surface area contributed by atoms with Gasteiger partial charge in [-0.2, -0.15) is 0 Å². The molecular formula is C8H13NO. The summed E-state index contributed by atoms with van der Waals surface area (Å²) in [4.78, 5) is 10.1. The Labute approximate surface area is 61.6 Å². The molecule has 0 spiro atoms. The molecule has 10 heavy (non-hydrogen) atoms. The van der Waals surface area contributed by atoms with E-state index in [1.165, 1.54) is 0 Å². The molecule has 0 aliphatic carbocycles. The lowest BCUT2D eigenvalue weighted by molar-refractivity contribution is -0.119. The molecule has 1 aliphatic rings. The summed E-state index contributed by atoms with van der Waals surface area (Å²) in [6.07, 6.45) is 5.04. The topological polar surface area (TPSA) is 29.1 Å². The van der Waals surface area contributed by atoms with Crippen LogP contribution in [0.5, 0.6) is 0 Å². The Morgan fingerprint density at radius 2 is 2.00 bits per heavy atom. The van der Waals surface area contributed by atoms with Gasteiger partial charge in [-0.05, 0) is 6.42 Å². The summed E-state index contributed by atoms with van der Waals surface area (Å²) in [5.41, 5.74) is 0. The van der Waals surface area contributed by atoms with Gasteiger partial charge in [0, 0.05) is 13.0 Å². The molecule has 0 atom stereocenters. The highest BCUT2D eigenvalue weighted by molar-refractivity contribution is 5.77. The maximum absolute atomic E-state index is 10.1. The smallest absolute Gasteiger partial charge is 0.220 e. The van der Waals surface area contributed by atoms with Crippen LogP contribution in [-0.4, -0.2) is 12.5 Å². The van der Waals surface area contributed by atoms with Crippen LogP contribution in [0.3, 0.4) is 0 Å². The summed E-state index contributed by atoms with van der Waals surface area (Å²) in [5, 5.41) is 2.68. The first-order valence-electron chi connectivity index (χ1n) is 3.31. The van der Waals surface area contributed by atoms with Crippen molar-refractivity contribution in [3.63, 3.8) is 0 Å². The van der Waals surface area contributed by atoms with E-state index in [0.29, 0.717) is 0 Å². The molecule has 0 bridgehead atoms.